The highest BCUT2D eigenvalue weighted by Crippen LogP contribution is 1.83. The molecule has 0 atom stereocenters. The second kappa shape index (κ2) is 14.4. The highest BCUT2D eigenvalue weighted by molar-refractivity contribution is 4.82. The first-order valence-electron chi connectivity index (χ1n) is 5.66. The summed E-state index contributed by atoms with van der Waals surface area (Å²) in [5.74, 6) is 2.39. The molecule has 0 bridgehead atoms. The van der Waals surface area contributed by atoms with E-state index < -0.39 is 0 Å². The molecule has 0 saturated heterocycles. The molecule has 0 aromatic heterocycles. The molecule has 4 heteroatoms. The molecule has 0 aliphatic carbocycles. The van der Waals surface area contributed by atoms with Gasteiger partial charge in [-0.05, 0) is 6.42 Å². The SMILES string of the molecule is C#CCOCCOCCOCCOCCC. The lowest BCUT2D eigenvalue weighted by Gasteiger charge is -2.06. The van der Waals surface area contributed by atoms with Gasteiger partial charge < -0.3 is 18.9 Å². The molecule has 0 radical (unpaired) electrons. The van der Waals surface area contributed by atoms with Crippen LogP contribution in [0.3, 0.4) is 0 Å². The minimum Gasteiger partial charge on any atom is -0.379 e. The second-order valence-electron chi connectivity index (χ2n) is 3.09. The summed E-state index contributed by atoms with van der Waals surface area (Å²) in [6.07, 6.45) is 6.05. The lowest BCUT2D eigenvalue weighted by atomic mass is 10.5. The molecule has 0 aliphatic rings. The summed E-state index contributed by atoms with van der Waals surface area (Å²) < 4.78 is 20.8. The average Bonchev–Trinajstić information content (AvgIpc) is 2.31. The van der Waals surface area contributed by atoms with Crippen LogP contribution < -0.4 is 0 Å². The Morgan fingerprint density at radius 1 is 0.750 bits per heavy atom. The number of rotatable bonds is 12. The Labute approximate surface area is 98.2 Å². The van der Waals surface area contributed by atoms with Crippen molar-refractivity contribution in [1.29, 1.82) is 0 Å². The molecule has 0 amide bonds. The summed E-state index contributed by atoms with van der Waals surface area (Å²) in [7, 11) is 0. The monoisotopic (exact) mass is 230 g/mol. The number of hydrogen-bond acceptors (Lipinski definition) is 4. The van der Waals surface area contributed by atoms with Crippen molar-refractivity contribution in [2.45, 2.75) is 13.3 Å². The van der Waals surface area contributed by atoms with Gasteiger partial charge in [0.1, 0.15) is 6.61 Å². The topological polar surface area (TPSA) is 36.9 Å². The lowest BCUT2D eigenvalue weighted by molar-refractivity contribution is 0.00141. The largest absolute Gasteiger partial charge is 0.379 e. The maximum atomic E-state index is 5.28. The predicted octanol–water partition coefficient (Wildman–Crippen LogP) is 1.10. The molecular weight excluding hydrogens is 208 g/mol. The molecule has 0 spiro atoms. The zero-order valence-corrected chi connectivity index (χ0v) is 10.1. The quantitative estimate of drug-likeness (QED) is 0.371. The average molecular weight is 230 g/mol. The molecule has 0 heterocycles. The smallest absolute Gasteiger partial charge is 0.107 e. The van der Waals surface area contributed by atoms with Gasteiger partial charge in [-0.1, -0.05) is 12.8 Å². The number of ether oxygens (including phenoxy) is 4. The van der Waals surface area contributed by atoms with E-state index in [9.17, 15) is 0 Å². The van der Waals surface area contributed by atoms with Gasteiger partial charge >= 0.3 is 0 Å². The van der Waals surface area contributed by atoms with Crippen LogP contribution in [0.2, 0.25) is 0 Å². The van der Waals surface area contributed by atoms with Gasteiger partial charge in [0.2, 0.25) is 0 Å². The number of terminal acetylenes is 1. The lowest BCUT2D eigenvalue weighted by Crippen LogP contribution is -2.12. The van der Waals surface area contributed by atoms with E-state index in [0.29, 0.717) is 46.2 Å². The first kappa shape index (κ1) is 15.4. The van der Waals surface area contributed by atoms with Crippen LogP contribution in [0.1, 0.15) is 13.3 Å². The van der Waals surface area contributed by atoms with Gasteiger partial charge in [0.05, 0.1) is 39.6 Å². The molecule has 0 aromatic carbocycles. The predicted molar refractivity (Wildman–Crippen MR) is 62.4 cm³/mol. The van der Waals surface area contributed by atoms with Gasteiger partial charge in [-0.3, -0.25) is 0 Å². The van der Waals surface area contributed by atoms with E-state index in [1.165, 1.54) is 0 Å². The van der Waals surface area contributed by atoms with Crippen molar-refractivity contribution in [3.63, 3.8) is 0 Å². The van der Waals surface area contributed by atoms with Crippen LogP contribution in [0, 0.1) is 12.3 Å². The summed E-state index contributed by atoms with van der Waals surface area (Å²) in [4.78, 5) is 0. The highest BCUT2D eigenvalue weighted by Gasteiger charge is 1.91. The van der Waals surface area contributed by atoms with Crippen LogP contribution in [0.25, 0.3) is 0 Å². The van der Waals surface area contributed by atoms with Crippen LogP contribution in [-0.4, -0.2) is 52.9 Å². The van der Waals surface area contributed by atoms with Crippen molar-refractivity contribution in [1.82, 2.24) is 0 Å². The Bertz CT molecular complexity index is 165. The molecule has 0 unspecified atom stereocenters. The van der Waals surface area contributed by atoms with Crippen molar-refractivity contribution >= 4 is 0 Å². The van der Waals surface area contributed by atoms with Gasteiger partial charge in [0.25, 0.3) is 0 Å². The van der Waals surface area contributed by atoms with Crippen molar-refractivity contribution in [2.24, 2.45) is 0 Å². The maximum absolute atomic E-state index is 5.28. The molecular formula is C12H22O4. The fourth-order valence-electron chi connectivity index (χ4n) is 0.935. The van der Waals surface area contributed by atoms with E-state index in [2.05, 4.69) is 12.8 Å². The van der Waals surface area contributed by atoms with Crippen LogP contribution in [0.4, 0.5) is 0 Å². The van der Waals surface area contributed by atoms with Crippen LogP contribution in [-0.2, 0) is 18.9 Å². The molecule has 16 heavy (non-hydrogen) atoms. The summed E-state index contributed by atoms with van der Waals surface area (Å²) in [6.45, 7) is 6.74. The minimum absolute atomic E-state index is 0.342. The van der Waals surface area contributed by atoms with Crippen LogP contribution >= 0.6 is 0 Å². The van der Waals surface area contributed by atoms with Gasteiger partial charge in [0, 0.05) is 6.61 Å². The standard InChI is InChI=1S/C12H22O4/c1-3-5-13-7-9-15-11-12-16-10-8-14-6-4-2/h1H,4-12H2,2H3. The molecule has 0 rings (SSSR count). The Hall–Kier alpha value is -0.600. The number of hydrogen-bond donors (Lipinski definition) is 0. The van der Waals surface area contributed by atoms with Crippen molar-refractivity contribution < 1.29 is 18.9 Å². The van der Waals surface area contributed by atoms with Crippen molar-refractivity contribution in [3.05, 3.63) is 0 Å². The van der Waals surface area contributed by atoms with Crippen molar-refractivity contribution in [3.8, 4) is 12.3 Å². The van der Waals surface area contributed by atoms with E-state index in [-0.39, 0.29) is 0 Å². The fraction of sp³-hybridized carbons (Fsp3) is 0.833. The highest BCUT2D eigenvalue weighted by atomic mass is 16.6. The Morgan fingerprint density at radius 3 is 1.62 bits per heavy atom. The van der Waals surface area contributed by atoms with E-state index >= 15 is 0 Å². The summed E-state index contributed by atoms with van der Waals surface area (Å²) in [5.41, 5.74) is 0. The molecule has 0 N–H and O–H groups in total. The Kier molecular flexibility index (Phi) is 13.9. The van der Waals surface area contributed by atoms with Gasteiger partial charge in [-0.2, -0.15) is 0 Å². The third-order valence-corrected chi connectivity index (χ3v) is 1.65. The van der Waals surface area contributed by atoms with E-state index in [0.717, 1.165) is 13.0 Å². The normalized spacial score (nSPS) is 10.2. The Balaban J connectivity index is 2.86. The van der Waals surface area contributed by atoms with Gasteiger partial charge in [-0.25, -0.2) is 0 Å². The molecule has 0 aromatic rings. The fourth-order valence-corrected chi connectivity index (χ4v) is 0.935. The van der Waals surface area contributed by atoms with Crippen LogP contribution in [0.15, 0.2) is 0 Å². The zero-order chi connectivity index (χ0) is 11.9. The van der Waals surface area contributed by atoms with E-state index in [1.807, 2.05) is 0 Å². The van der Waals surface area contributed by atoms with Gasteiger partial charge in [0.15, 0.2) is 0 Å². The molecule has 94 valence electrons. The maximum Gasteiger partial charge on any atom is 0.107 e. The van der Waals surface area contributed by atoms with E-state index in [1.54, 1.807) is 0 Å². The first-order valence-corrected chi connectivity index (χ1v) is 5.66. The summed E-state index contributed by atoms with van der Waals surface area (Å²) >= 11 is 0. The first-order chi connectivity index (χ1) is 7.91. The summed E-state index contributed by atoms with van der Waals surface area (Å²) in [6, 6.07) is 0. The van der Waals surface area contributed by atoms with Gasteiger partial charge in [-0.15, -0.1) is 6.42 Å². The Morgan fingerprint density at radius 2 is 1.19 bits per heavy atom. The molecule has 4 nitrogen and oxygen atoms in total. The zero-order valence-electron chi connectivity index (χ0n) is 10.1. The summed E-state index contributed by atoms with van der Waals surface area (Å²) in [5, 5.41) is 0. The van der Waals surface area contributed by atoms with Crippen molar-refractivity contribution in [2.75, 3.05) is 52.9 Å². The van der Waals surface area contributed by atoms with Crippen LogP contribution in [0.5, 0.6) is 0 Å². The third-order valence-electron chi connectivity index (χ3n) is 1.65. The second-order valence-corrected chi connectivity index (χ2v) is 3.09. The van der Waals surface area contributed by atoms with E-state index in [4.69, 9.17) is 25.4 Å². The third kappa shape index (κ3) is 13.4. The molecule has 0 saturated carbocycles. The minimum atomic E-state index is 0.342. The molecule has 0 fully saturated rings. The molecule has 0 aliphatic heterocycles.